The Morgan fingerprint density at radius 3 is 2.41 bits per heavy atom. The summed E-state index contributed by atoms with van der Waals surface area (Å²) in [6.07, 6.45) is 2.35. The Morgan fingerprint density at radius 1 is 1.35 bits per heavy atom. The summed E-state index contributed by atoms with van der Waals surface area (Å²) in [5.41, 5.74) is 0.380. The van der Waals surface area contributed by atoms with Gasteiger partial charge in [0.25, 0.3) is 0 Å². The molecule has 17 heavy (non-hydrogen) atoms. The first-order valence-electron chi connectivity index (χ1n) is 6.53. The first-order valence-corrected chi connectivity index (χ1v) is 6.53. The van der Waals surface area contributed by atoms with Crippen molar-refractivity contribution in [2.24, 2.45) is 11.3 Å². The van der Waals surface area contributed by atoms with Crippen LogP contribution in [0.3, 0.4) is 0 Å². The van der Waals surface area contributed by atoms with E-state index in [0.717, 1.165) is 19.0 Å². The molecule has 0 saturated carbocycles. The Balaban J connectivity index is 2.25. The lowest BCUT2D eigenvalue weighted by atomic mass is 9.75. The van der Waals surface area contributed by atoms with Crippen molar-refractivity contribution in [1.29, 1.82) is 0 Å². The number of amides is 1. The van der Waals surface area contributed by atoms with E-state index in [-0.39, 0.29) is 12.5 Å². The number of aliphatic hydroxyl groups is 1. The van der Waals surface area contributed by atoms with Crippen LogP contribution >= 0.6 is 0 Å². The van der Waals surface area contributed by atoms with Crippen molar-refractivity contribution in [2.45, 2.75) is 33.6 Å². The normalized spacial score (nSPS) is 19.3. The van der Waals surface area contributed by atoms with Crippen molar-refractivity contribution in [1.82, 2.24) is 10.2 Å². The largest absolute Gasteiger partial charge is 0.395 e. The quantitative estimate of drug-likeness (QED) is 0.768. The van der Waals surface area contributed by atoms with E-state index in [1.54, 1.807) is 0 Å². The molecule has 1 aliphatic heterocycles. The Bertz CT molecular complexity index is 240. The number of carbonyl (C=O) groups is 1. The molecule has 0 aromatic carbocycles. The third kappa shape index (κ3) is 5.04. The molecule has 1 saturated heterocycles. The average Bonchev–Trinajstić information content (AvgIpc) is 2.26. The molecule has 1 amide bonds. The van der Waals surface area contributed by atoms with Gasteiger partial charge in [-0.15, -0.1) is 0 Å². The maximum absolute atomic E-state index is 11.5. The molecule has 0 atom stereocenters. The van der Waals surface area contributed by atoms with Crippen LogP contribution in [-0.4, -0.2) is 48.7 Å². The van der Waals surface area contributed by atoms with Crippen LogP contribution in [0.25, 0.3) is 0 Å². The standard InChI is InChI=1S/C13H26N2O2/c1-13(2,3)11-4-7-15(8-5-11)10-12(17)14-6-9-16/h11,16H,4-10H2,1-3H3,(H,14,17). The molecule has 0 spiro atoms. The fourth-order valence-electron chi connectivity index (χ4n) is 2.41. The van der Waals surface area contributed by atoms with E-state index in [1.807, 2.05) is 0 Å². The highest BCUT2D eigenvalue weighted by molar-refractivity contribution is 5.77. The van der Waals surface area contributed by atoms with Crippen molar-refractivity contribution in [3.63, 3.8) is 0 Å². The summed E-state index contributed by atoms with van der Waals surface area (Å²) < 4.78 is 0. The molecule has 0 aromatic rings. The fourth-order valence-corrected chi connectivity index (χ4v) is 2.41. The number of nitrogens with one attached hydrogen (secondary N) is 1. The molecule has 2 N–H and O–H groups in total. The highest BCUT2D eigenvalue weighted by atomic mass is 16.3. The third-order valence-electron chi connectivity index (χ3n) is 3.61. The number of carbonyl (C=O) groups excluding carboxylic acids is 1. The van der Waals surface area contributed by atoms with Crippen LogP contribution in [0.15, 0.2) is 0 Å². The number of aliphatic hydroxyl groups excluding tert-OH is 1. The number of rotatable bonds is 4. The molecule has 1 heterocycles. The maximum Gasteiger partial charge on any atom is 0.234 e. The van der Waals surface area contributed by atoms with Gasteiger partial charge in [0.2, 0.25) is 5.91 Å². The minimum atomic E-state index is 0.0117. The molecular formula is C13H26N2O2. The second kappa shape index (κ2) is 6.36. The Labute approximate surface area is 104 Å². The van der Waals surface area contributed by atoms with Crippen LogP contribution in [0.5, 0.6) is 0 Å². The molecule has 0 aromatic heterocycles. The zero-order chi connectivity index (χ0) is 12.9. The van der Waals surface area contributed by atoms with Crippen LogP contribution in [0, 0.1) is 11.3 Å². The molecule has 0 unspecified atom stereocenters. The van der Waals surface area contributed by atoms with Gasteiger partial charge >= 0.3 is 0 Å². The first kappa shape index (κ1) is 14.5. The summed E-state index contributed by atoms with van der Waals surface area (Å²) in [7, 11) is 0. The summed E-state index contributed by atoms with van der Waals surface area (Å²) in [5, 5.41) is 11.3. The van der Waals surface area contributed by atoms with E-state index in [2.05, 4.69) is 31.0 Å². The van der Waals surface area contributed by atoms with Gasteiger partial charge in [-0.2, -0.15) is 0 Å². The van der Waals surface area contributed by atoms with Crippen molar-refractivity contribution >= 4 is 5.91 Å². The van der Waals surface area contributed by atoms with Crippen molar-refractivity contribution in [3.05, 3.63) is 0 Å². The van der Waals surface area contributed by atoms with Gasteiger partial charge in [0.15, 0.2) is 0 Å². The molecule has 0 bridgehead atoms. The number of hydrogen-bond acceptors (Lipinski definition) is 3. The van der Waals surface area contributed by atoms with Gasteiger partial charge in [0.1, 0.15) is 0 Å². The van der Waals surface area contributed by atoms with Gasteiger partial charge < -0.3 is 10.4 Å². The zero-order valence-corrected chi connectivity index (χ0v) is 11.3. The van der Waals surface area contributed by atoms with E-state index in [0.29, 0.717) is 18.5 Å². The Kier molecular flexibility index (Phi) is 5.40. The number of nitrogens with zero attached hydrogens (tertiary/aromatic N) is 1. The third-order valence-corrected chi connectivity index (χ3v) is 3.61. The zero-order valence-electron chi connectivity index (χ0n) is 11.3. The summed E-state index contributed by atoms with van der Waals surface area (Å²) in [5.74, 6) is 0.785. The van der Waals surface area contributed by atoms with Crippen LogP contribution in [0.1, 0.15) is 33.6 Å². The highest BCUT2D eigenvalue weighted by Crippen LogP contribution is 2.33. The predicted octanol–water partition coefficient (Wildman–Crippen LogP) is 0.853. The van der Waals surface area contributed by atoms with E-state index in [1.165, 1.54) is 12.8 Å². The maximum atomic E-state index is 11.5. The lowest BCUT2D eigenvalue weighted by Crippen LogP contribution is -2.43. The summed E-state index contributed by atoms with van der Waals surface area (Å²) in [6, 6.07) is 0. The first-order chi connectivity index (χ1) is 7.93. The molecule has 0 aliphatic carbocycles. The summed E-state index contributed by atoms with van der Waals surface area (Å²) in [4.78, 5) is 13.7. The Morgan fingerprint density at radius 2 is 1.94 bits per heavy atom. The lowest BCUT2D eigenvalue weighted by Gasteiger charge is -2.38. The molecule has 1 rings (SSSR count). The molecule has 4 nitrogen and oxygen atoms in total. The van der Waals surface area contributed by atoms with Crippen LogP contribution in [0.2, 0.25) is 0 Å². The lowest BCUT2D eigenvalue weighted by molar-refractivity contribution is -0.122. The van der Waals surface area contributed by atoms with E-state index >= 15 is 0 Å². The minimum Gasteiger partial charge on any atom is -0.395 e. The number of hydrogen-bond donors (Lipinski definition) is 2. The van der Waals surface area contributed by atoms with Gasteiger partial charge in [0, 0.05) is 6.54 Å². The topological polar surface area (TPSA) is 52.6 Å². The van der Waals surface area contributed by atoms with Gasteiger partial charge in [-0.05, 0) is 37.3 Å². The number of piperidine rings is 1. The van der Waals surface area contributed by atoms with Crippen LogP contribution < -0.4 is 5.32 Å². The molecule has 1 aliphatic rings. The van der Waals surface area contributed by atoms with Gasteiger partial charge in [-0.3, -0.25) is 9.69 Å². The fraction of sp³-hybridized carbons (Fsp3) is 0.923. The van der Waals surface area contributed by atoms with Gasteiger partial charge in [0.05, 0.1) is 13.2 Å². The smallest absolute Gasteiger partial charge is 0.234 e. The molecule has 4 heteroatoms. The second-order valence-corrected chi connectivity index (χ2v) is 5.99. The molecule has 1 fully saturated rings. The molecule has 0 radical (unpaired) electrons. The highest BCUT2D eigenvalue weighted by Gasteiger charge is 2.29. The van der Waals surface area contributed by atoms with Crippen molar-refractivity contribution in [2.75, 3.05) is 32.8 Å². The SMILES string of the molecule is CC(C)(C)C1CCN(CC(=O)NCCO)CC1. The van der Waals surface area contributed by atoms with E-state index < -0.39 is 0 Å². The average molecular weight is 242 g/mol. The van der Waals surface area contributed by atoms with E-state index in [4.69, 9.17) is 5.11 Å². The summed E-state index contributed by atoms with van der Waals surface area (Å²) in [6.45, 7) is 9.73. The monoisotopic (exact) mass is 242 g/mol. The van der Waals surface area contributed by atoms with Gasteiger partial charge in [-0.25, -0.2) is 0 Å². The van der Waals surface area contributed by atoms with E-state index in [9.17, 15) is 4.79 Å². The Hall–Kier alpha value is -0.610. The molecule has 100 valence electrons. The number of likely N-dealkylation sites (tertiary alicyclic amines) is 1. The van der Waals surface area contributed by atoms with Gasteiger partial charge in [-0.1, -0.05) is 20.8 Å². The molecular weight excluding hydrogens is 216 g/mol. The van der Waals surface area contributed by atoms with Crippen LogP contribution in [-0.2, 0) is 4.79 Å². The predicted molar refractivity (Wildman–Crippen MR) is 68.7 cm³/mol. The second-order valence-electron chi connectivity index (χ2n) is 5.99. The van der Waals surface area contributed by atoms with Crippen molar-refractivity contribution in [3.8, 4) is 0 Å². The van der Waals surface area contributed by atoms with Crippen LogP contribution in [0.4, 0.5) is 0 Å². The van der Waals surface area contributed by atoms with Crippen molar-refractivity contribution < 1.29 is 9.90 Å². The summed E-state index contributed by atoms with van der Waals surface area (Å²) >= 11 is 0. The minimum absolute atomic E-state index is 0.0117.